The average molecular weight is 282 g/mol. The molecule has 6 heteroatoms. The smallest absolute Gasteiger partial charge is 0.263 e. The zero-order valence-corrected chi connectivity index (χ0v) is 11.3. The van der Waals surface area contributed by atoms with Crippen LogP contribution in [0.25, 0.3) is 0 Å². The lowest BCUT2D eigenvalue weighted by molar-refractivity contribution is -0.138. The fourth-order valence-electron chi connectivity index (χ4n) is 2.12. The van der Waals surface area contributed by atoms with Crippen molar-refractivity contribution in [2.75, 3.05) is 5.32 Å². The maximum absolute atomic E-state index is 15.0. The van der Waals surface area contributed by atoms with Crippen LogP contribution < -0.4 is 10.6 Å². The molecule has 4 nitrogen and oxygen atoms in total. The van der Waals surface area contributed by atoms with Gasteiger partial charge in [0, 0.05) is 11.6 Å². The van der Waals surface area contributed by atoms with Gasteiger partial charge in [0.05, 0.1) is 12.1 Å². The summed E-state index contributed by atoms with van der Waals surface area (Å²) in [6.07, 6.45) is 0.0399. The summed E-state index contributed by atoms with van der Waals surface area (Å²) in [5.74, 6) is -2.12. The van der Waals surface area contributed by atoms with E-state index in [1.165, 1.54) is 6.07 Å². The molecule has 0 saturated carbocycles. The molecule has 0 aliphatic carbocycles. The second kappa shape index (κ2) is 5.19. The Morgan fingerprint density at radius 3 is 2.90 bits per heavy atom. The standard InChI is InChI=1S/C14H16F2N2O2/c1-3-8(2)17-13(20)14(16)7-12(19)18-11-6-9(15)4-5-10(11)14/h4-6,8H,3,7H2,1-2H3,(H,17,20)(H,18,19)/t8?,14-/m1/s1. The molecule has 1 aliphatic rings. The van der Waals surface area contributed by atoms with Crippen molar-refractivity contribution < 1.29 is 18.4 Å². The molecule has 1 aliphatic heterocycles. The SMILES string of the molecule is CCC(C)NC(=O)[C@@]1(F)CC(=O)Nc2cc(F)ccc21. The number of hydrogen-bond acceptors (Lipinski definition) is 2. The van der Waals surface area contributed by atoms with Crippen LogP contribution in [-0.2, 0) is 15.3 Å². The monoisotopic (exact) mass is 282 g/mol. The van der Waals surface area contributed by atoms with E-state index in [9.17, 15) is 14.0 Å². The molecule has 20 heavy (non-hydrogen) atoms. The third-order valence-corrected chi connectivity index (χ3v) is 3.44. The first-order valence-electron chi connectivity index (χ1n) is 6.46. The van der Waals surface area contributed by atoms with Gasteiger partial charge < -0.3 is 10.6 Å². The average Bonchev–Trinajstić information content (AvgIpc) is 2.37. The van der Waals surface area contributed by atoms with E-state index in [0.29, 0.717) is 6.42 Å². The van der Waals surface area contributed by atoms with E-state index in [1.54, 1.807) is 6.92 Å². The molecular formula is C14H16F2N2O2. The molecule has 2 N–H and O–H groups in total. The topological polar surface area (TPSA) is 58.2 Å². The number of halogens is 2. The first kappa shape index (κ1) is 14.4. The predicted molar refractivity (Wildman–Crippen MR) is 70.3 cm³/mol. The highest BCUT2D eigenvalue weighted by atomic mass is 19.1. The molecule has 1 unspecified atom stereocenters. The van der Waals surface area contributed by atoms with Crippen LogP contribution >= 0.6 is 0 Å². The molecule has 2 atom stereocenters. The number of anilines is 1. The van der Waals surface area contributed by atoms with Gasteiger partial charge in [0.25, 0.3) is 5.91 Å². The number of amides is 2. The lowest BCUT2D eigenvalue weighted by atomic mass is 9.86. The van der Waals surface area contributed by atoms with Crippen LogP contribution in [0.4, 0.5) is 14.5 Å². The van der Waals surface area contributed by atoms with Gasteiger partial charge in [0.2, 0.25) is 11.6 Å². The van der Waals surface area contributed by atoms with E-state index in [0.717, 1.165) is 12.1 Å². The van der Waals surface area contributed by atoms with E-state index >= 15 is 4.39 Å². The number of hydrogen-bond donors (Lipinski definition) is 2. The summed E-state index contributed by atoms with van der Waals surface area (Å²) in [6, 6.07) is 3.07. The Kier molecular flexibility index (Phi) is 3.74. The maximum Gasteiger partial charge on any atom is 0.263 e. The summed E-state index contributed by atoms with van der Waals surface area (Å²) >= 11 is 0. The summed E-state index contributed by atoms with van der Waals surface area (Å²) in [7, 11) is 0. The van der Waals surface area contributed by atoms with E-state index in [2.05, 4.69) is 10.6 Å². The molecule has 108 valence electrons. The summed E-state index contributed by atoms with van der Waals surface area (Å²) < 4.78 is 28.2. The van der Waals surface area contributed by atoms with Gasteiger partial charge in [0.15, 0.2) is 0 Å². The van der Waals surface area contributed by atoms with Crippen molar-refractivity contribution in [3.05, 3.63) is 29.6 Å². The van der Waals surface area contributed by atoms with Crippen molar-refractivity contribution in [1.82, 2.24) is 5.32 Å². The van der Waals surface area contributed by atoms with Crippen molar-refractivity contribution in [3.8, 4) is 0 Å². The van der Waals surface area contributed by atoms with Gasteiger partial charge in [0.1, 0.15) is 5.82 Å². The second-order valence-corrected chi connectivity index (χ2v) is 5.00. The van der Waals surface area contributed by atoms with Crippen LogP contribution in [0.2, 0.25) is 0 Å². The summed E-state index contributed by atoms with van der Waals surface area (Å²) in [6.45, 7) is 3.60. The number of rotatable bonds is 3. The number of nitrogens with one attached hydrogen (secondary N) is 2. The Labute approximate surface area is 115 Å². The van der Waals surface area contributed by atoms with E-state index < -0.39 is 29.7 Å². The van der Waals surface area contributed by atoms with E-state index in [-0.39, 0.29) is 17.3 Å². The van der Waals surface area contributed by atoms with Gasteiger partial charge in [-0.1, -0.05) is 13.0 Å². The van der Waals surface area contributed by atoms with Crippen LogP contribution in [-0.4, -0.2) is 17.9 Å². The molecule has 0 bridgehead atoms. The third kappa shape index (κ3) is 2.50. The van der Waals surface area contributed by atoms with Crippen LogP contribution in [0.1, 0.15) is 32.3 Å². The van der Waals surface area contributed by atoms with Gasteiger partial charge in [-0.05, 0) is 25.5 Å². The van der Waals surface area contributed by atoms with Crippen LogP contribution in [0, 0.1) is 5.82 Å². The molecule has 0 saturated heterocycles. The lowest BCUT2D eigenvalue weighted by Crippen LogP contribution is -2.48. The van der Waals surface area contributed by atoms with Gasteiger partial charge in [-0.25, -0.2) is 8.78 Å². The highest BCUT2D eigenvalue weighted by Gasteiger charge is 2.47. The van der Waals surface area contributed by atoms with Crippen molar-refractivity contribution in [3.63, 3.8) is 0 Å². The molecule has 2 amide bonds. The first-order chi connectivity index (χ1) is 9.36. The van der Waals surface area contributed by atoms with Crippen LogP contribution in [0.15, 0.2) is 18.2 Å². The second-order valence-electron chi connectivity index (χ2n) is 5.00. The molecule has 0 fully saturated rings. The molecule has 1 aromatic rings. The number of benzene rings is 1. The minimum absolute atomic E-state index is 0.00283. The first-order valence-corrected chi connectivity index (χ1v) is 6.46. The fraction of sp³-hybridized carbons (Fsp3) is 0.429. The molecule has 1 heterocycles. The zero-order chi connectivity index (χ0) is 14.9. The maximum atomic E-state index is 15.0. The molecule has 2 rings (SSSR count). The molecule has 1 aromatic carbocycles. The summed E-state index contributed by atoms with van der Waals surface area (Å²) in [4.78, 5) is 23.7. The van der Waals surface area contributed by atoms with Crippen molar-refractivity contribution in [2.24, 2.45) is 0 Å². The highest BCUT2D eigenvalue weighted by molar-refractivity contribution is 6.02. The summed E-state index contributed by atoms with van der Waals surface area (Å²) in [5, 5.41) is 4.91. The number of carbonyl (C=O) groups excluding carboxylic acids is 2. The minimum Gasteiger partial charge on any atom is -0.351 e. The van der Waals surface area contributed by atoms with E-state index in [4.69, 9.17) is 0 Å². The van der Waals surface area contributed by atoms with E-state index in [1.807, 2.05) is 6.92 Å². The van der Waals surface area contributed by atoms with Gasteiger partial charge in [-0.15, -0.1) is 0 Å². The fourth-order valence-corrected chi connectivity index (χ4v) is 2.12. The molecule has 0 radical (unpaired) electrons. The normalized spacial score (nSPS) is 22.7. The Balaban J connectivity index is 2.41. The van der Waals surface area contributed by atoms with Gasteiger partial charge in [-0.3, -0.25) is 9.59 Å². The Bertz CT molecular complexity index is 562. The lowest BCUT2D eigenvalue weighted by Gasteiger charge is -2.31. The molecule has 0 aromatic heterocycles. The largest absolute Gasteiger partial charge is 0.351 e. The van der Waals surface area contributed by atoms with Crippen LogP contribution in [0.5, 0.6) is 0 Å². The number of fused-ring (bicyclic) bond motifs is 1. The Morgan fingerprint density at radius 2 is 2.25 bits per heavy atom. The highest BCUT2D eigenvalue weighted by Crippen LogP contribution is 2.39. The Hall–Kier alpha value is -1.98. The minimum atomic E-state index is -2.46. The number of carbonyl (C=O) groups is 2. The third-order valence-electron chi connectivity index (χ3n) is 3.44. The summed E-state index contributed by atoms with van der Waals surface area (Å²) in [5.41, 5.74) is -2.48. The van der Waals surface area contributed by atoms with Crippen molar-refractivity contribution in [2.45, 2.75) is 38.4 Å². The predicted octanol–water partition coefficient (Wildman–Crippen LogP) is 2.25. The molecule has 0 spiro atoms. The van der Waals surface area contributed by atoms with Gasteiger partial charge >= 0.3 is 0 Å². The van der Waals surface area contributed by atoms with Crippen LogP contribution in [0.3, 0.4) is 0 Å². The zero-order valence-electron chi connectivity index (χ0n) is 11.3. The molecular weight excluding hydrogens is 266 g/mol. The van der Waals surface area contributed by atoms with Crippen molar-refractivity contribution in [1.29, 1.82) is 0 Å². The quantitative estimate of drug-likeness (QED) is 0.893. The van der Waals surface area contributed by atoms with Gasteiger partial charge in [-0.2, -0.15) is 0 Å². The Morgan fingerprint density at radius 1 is 1.55 bits per heavy atom. The van der Waals surface area contributed by atoms with Crippen molar-refractivity contribution >= 4 is 17.5 Å². The number of alkyl halides is 1.